The van der Waals surface area contributed by atoms with E-state index in [9.17, 15) is 4.39 Å². The van der Waals surface area contributed by atoms with Crippen molar-refractivity contribution in [3.8, 4) is 17.3 Å². The van der Waals surface area contributed by atoms with E-state index >= 15 is 0 Å². The molecule has 0 amide bonds. The summed E-state index contributed by atoms with van der Waals surface area (Å²) in [5.41, 5.74) is 1.23. The second kappa shape index (κ2) is 5.07. The van der Waals surface area contributed by atoms with E-state index in [1.54, 1.807) is 18.2 Å². The highest BCUT2D eigenvalue weighted by atomic mass is 32.1. The molecule has 0 N–H and O–H groups in total. The summed E-state index contributed by atoms with van der Waals surface area (Å²) < 4.78 is 13.6. The van der Waals surface area contributed by atoms with E-state index in [0.29, 0.717) is 24.1 Å². The molecule has 0 unspecified atom stereocenters. The van der Waals surface area contributed by atoms with Crippen molar-refractivity contribution < 1.29 is 4.39 Å². The van der Waals surface area contributed by atoms with E-state index in [1.807, 2.05) is 6.92 Å². The Hall–Kier alpha value is -1.73. The monoisotopic (exact) mass is 246 g/mol. The molecule has 0 radical (unpaired) electrons. The lowest BCUT2D eigenvalue weighted by atomic mass is 10.1. The van der Waals surface area contributed by atoms with E-state index in [0.717, 1.165) is 9.88 Å². The molecule has 1 aromatic carbocycles. The lowest BCUT2D eigenvalue weighted by Gasteiger charge is -1.99. The number of nitriles is 1. The van der Waals surface area contributed by atoms with Gasteiger partial charge >= 0.3 is 0 Å². The molecule has 0 aliphatic heterocycles. The largest absolute Gasteiger partial charge is 0.241 e. The second-order valence-electron chi connectivity index (χ2n) is 3.65. The van der Waals surface area contributed by atoms with E-state index < -0.39 is 0 Å². The molecule has 2 nitrogen and oxygen atoms in total. The van der Waals surface area contributed by atoms with Crippen molar-refractivity contribution in [2.75, 3.05) is 0 Å². The summed E-state index contributed by atoms with van der Waals surface area (Å²) >= 11 is 1.53. The first kappa shape index (κ1) is 11.7. The molecule has 0 saturated heterocycles. The van der Waals surface area contributed by atoms with Gasteiger partial charge in [0, 0.05) is 23.3 Å². The zero-order chi connectivity index (χ0) is 12.3. The number of rotatable bonds is 3. The minimum absolute atomic E-state index is 0.257. The van der Waals surface area contributed by atoms with Crippen LogP contribution in [0.25, 0.3) is 11.3 Å². The molecule has 1 aromatic heterocycles. The Morgan fingerprint density at radius 2 is 2.18 bits per heavy atom. The van der Waals surface area contributed by atoms with Crippen LogP contribution in [-0.2, 0) is 6.42 Å². The Morgan fingerprint density at radius 1 is 1.41 bits per heavy atom. The van der Waals surface area contributed by atoms with Crippen LogP contribution in [0.3, 0.4) is 0 Å². The van der Waals surface area contributed by atoms with Crippen LogP contribution in [0, 0.1) is 24.1 Å². The number of hydrogen-bond donors (Lipinski definition) is 0. The molecule has 0 spiro atoms. The van der Waals surface area contributed by atoms with Gasteiger partial charge in [-0.15, -0.1) is 11.3 Å². The third-order valence-electron chi connectivity index (χ3n) is 2.42. The number of aryl methyl sites for hydroxylation is 2. The number of hydrogen-bond acceptors (Lipinski definition) is 3. The van der Waals surface area contributed by atoms with Crippen LogP contribution in [0.1, 0.15) is 16.3 Å². The smallest absolute Gasteiger partial charge is 0.132 e. The first-order valence-corrected chi connectivity index (χ1v) is 6.12. The van der Waals surface area contributed by atoms with Gasteiger partial charge in [0.25, 0.3) is 0 Å². The maximum absolute atomic E-state index is 13.6. The molecule has 2 rings (SSSR count). The molecular formula is C13H11FN2S. The fourth-order valence-electron chi connectivity index (χ4n) is 1.62. The average Bonchev–Trinajstić information content (AvgIpc) is 2.68. The van der Waals surface area contributed by atoms with E-state index in [-0.39, 0.29) is 5.82 Å². The Balaban J connectivity index is 2.37. The van der Waals surface area contributed by atoms with Crippen LogP contribution in [0.2, 0.25) is 0 Å². The zero-order valence-electron chi connectivity index (χ0n) is 9.40. The molecule has 0 saturated carbocycles. The van der Waals surface area contributed by atoms with Crippen molar-refractivity contribution in [3.05, 3.63) is 40.0 Å². The fraction of sp³-hybridized carbons (Fsp3) is 0.231. The molecule has 0 bridgehead atoms. The Morgan fingerprint density at radius 3 is 2.88 bits per heavy atom. The predicted molar refractivity (Wildman–Crippen MR) is 66.2 cm³/mol. The molecule has 86 valence electrons. The van der Waals surface area contributed by atoms with Gasteiger partial charge in [-0.05, 0) is 19.1 Å². The summed E-state index contributed by atoms with van der Waals surface area (Å²) in [6.45, 7) is 1.93. The third kappa shape index (κ3) is 2.51. The summed E-state index contributed by atoms with van der Waals surface area (Å²) in [5, 5.41) is 9.42. The Labute approximate surface area is 103 Å². The Kier molecular flexibility index (Phi) is 3.50. The van der Waals surface area contributed by atoms with Crippen LogP contribution in [0.15, 0.2) is 24.3 Å². The maximum atomic E-state index is 13.6. The highest BCUT2D eigenvalue weighted by molar-refractivity contribution is 7.12. The molecule has 17 heavy (non-hydrogen) atoms. The SMILES string of the molecule is Cc1sc(CCC#N)nc1-c1ccccc1F. The molecule has 0 fully saturated rings. The first-order chi connectivity index (χ1) is 8.22. The standard InChI is InChI=1S/C13H11FN2S/c1-9-13(10-5-2-3-6-11(10)14)16-12(17-9)7-4-8-15/h2-3,5-6H,4,7H2,1H3. The summed E-state index contributed by atoms with van der Waals surface area (Å²) in [5.74, 6) is -0.257. The van der Waals surface area contributed by atoms with Crippen LogP contribution >= 0.6 is 11.3 Å². The predicted octanol–water partition coefficient (Wildman–Crippen LogP) is 3.71. The third-order valence-corrected chi connectivity index (χ3v) is 3.45. The second-order valence-corrected chi connectivity index (χ2v) is 4.94. The van der Waals surface area contributed by atoms with Gasteiger partial charge in [-0.25, -0.2) is 9.37 Å². The normalized spacial score (nSPS) is 10.2. The lowest BCUT2D eigenvalue weighted by molar-refractivity contribution is 0.630. The van der Waals surface area contributed by atoms with Crippen molar-refractivity contribution in [2.24, 2.45) is 0 Å². The van der Waals surface area contributed by atoms with Crippen molar-refractivity contribution in [3.63, 3.8) is 0 Å². The number of thiazole rings is 1. The van der Waals surface area contributed by atoms with Gasteiger partial charge in [0.1, 0.15) is 5.82 Å². The molecule has 1 heterocycles. The van der Waals surface area contributed by atoms with Crippen molar-refractivity contribution in [1.82, 2.24) is 4.98 Å². The number of aromatic nitrogens is 1. The minimum Gasteiger partial charge on any atom is -0.241 e. The van der Waals surface area contributed by atoms with Gasteiger partial charge in [-0.3, -0.25) is 0 Å². The first-order valence-electron chi connectivity index (χ1n) is 5.30. The summed E-state index contributed by atoms with van der Waals surface area (Å²) in [7, 11) is 0. The molecule has 0 aliphatic rings. The van der Waals surface area contributed by atoms with Crippen molar-refractivity contribution in [1.29, 1.82) is 5.26 Å². The van der Waals surface area contributed by atoms with Crippen LogP contribution in [-0.4, -0.2) is 4.98 Å². The van der Waals surface area contributed by atoms with E-state index in [1.165, 1.54) is 17.4 Å². The summed E-state index contributed by atoms with van der Waals surface area (Å²) in [6.07, 6.45) is 1.08. The highest BCUT2D eigenvalue weighted by Crippen LogP contribution is 2.29. The quantitative estimate of drug-likeness (QED) is 0.827. The van der Waals surface area contributed by atoms with Crippen LogP contribution < -0.4 is 0 Å². The lowest BCUT2D eigenvalue weighted by Crippen LogP contribution is -1.87. The molecule has 2 aromatic rings. The average molecular weight is 246 g/mol. The molecule has 0 atom stereocenters. The van der Waals surface area contributed by atoms with Crippen molar-refractivity contribution >= 4 is 11.3 Å². The number of halogens is 1. The molecule has 0 aliphatic carbocycles. The summed E-state index contributed by atoms with van der Waals surface area (Å²) in [4.78, 5) is 5.39. The van der Waals surface area contributed by atoms with Crippen molar-refractivity contribution in [2.45, 2.75) is 19.8 Å². The van der Waals surface area contributed by atoms with Crippen LogP contribution in [0.4, 0.5) is 4.39 Å². The Bertz CT molecular complexity index is 569. The minimum atomic E-state index is -0.257. The van der Waals surface area contributed by atoms with Gasteiger partial charge in [0.05, 0.1) is 16.8 Å². The highest BCUT2D eigenvalue weighted by Gasteiger charge is 2.12. The fourth-order valence-corrected chi connectivity index (χ4v) is 2.57. The van der Waals surface area contributed by atoms with E-state index in [2.05, 4.69) is 11.1 Å². The van der Waals surface area contributed by atoms with Gasteiger partial charge in [-0.1, -0.05) is 12.1 Å². The van der Waals surface area contributed by atoms with Crippen LogP contribution in [0.5, 0.6) is 0 Å². The molecule has 4 heteroatoms. The number of nitrogens with zero attached hydrogens (tertiary/aromatic N) is 2. The topological polar surface area (TPSA) is 36.7 Å². The molecular weight excluding hydrogens is 235 g/mol. The maximum Gasteiger partial charge on any atom is 0.132 e. The zero-order valence-corrected chi connectivity index (χ0v) is 10.2. The van der Waals surface area contributed by atoms with Gasteiger partial charge in [0.2, 0.25) is 0 Å². The van der Waals surface area contributed by atoms with Gasteiger partial charge in [0.15, 0.2) is 0 Å². The van der Waals surface area contributed by atoms with Gasteiger partial charge in [-0.2, -0.15) is 5.26 Å². The van der Waals surface area contributed by atoms with E-state index in [4.69, 9.17) is 5.26 Å². The number of benzene rings is 1. The summed E-state index contributed by atoms with van der Waals surface area (Å²) in [6, 6.07) is 8.71. The van der Waals surface area contributed by atoms with Gasteiger partial charge < -0.3 is 0 Å².